The summed E-state index contributed by atoms with van der Waals surface area (Å²) in [5.41, 5.74) is 6.97. The Morgan fingerprint density at radius 1 is 1.20 bits per heavy atom. The van der Waals surface area contributed by atoms with Crippen LogP contribution >= 0.6 is 0 Å². The molecule has 0 aliphatic carbocycles. The van der Waals surface area contributed by atoms with E-state index in [0.29, 0.717) is 28.4 Å². The third-order valence-electron chi connectivity index (χ3n) is 2.71. The minimum absolute atomic E-state index is 0.314. The number of anilines is 2. The van der Waals surface area contributed by atoms with E-state index >= 15 is 0 Å². The van der Waals surface area contributed by atoms with Crippen molar-refractivity contribution in [2.24, 2.45) is 0 Å². The highest BCUT2D eigenvalue weighted by molar-refractivity contribution is 6.07. The van der Waals surface area contributed by atoms with E-state index in [0.717, 1.165) is 0 Å². The highest BCUT2D eigenvalue weighted by Crippen LogP contribution is 2.26. The Labute approximate surface area is 116 Å². The molecule has 6 nitrogen and oxygen atoms in total. The monoisotopic (exact) mass is 273 g/mol. The van der Waals surface area contributed by atoms with Crippen LogP contribution in [0, 0.1) is 0 Å². The molecule has 0 fully saturated rings. The number of nitrogen functional groups attached to an aromatic ring is 1. The van der Waals surface area contributed by atoms with Crippen molar-refractivity contribution in [1.82, 2.24) is 4.98 Å². The van der Waals surface area contributed by atoms with Crippen molar-refractivity contribution in [3.8, 4) is 11.5 Å². The highest BCUT2D eigenvalue weighted by Gasteiger charge is 2.11. The van der Waals surface area contributed by atoms with Crippen molar-refractivity contribution >= 4 is 17.3 Å². The number of methoxy groups -OCH3 is 2. The van der Waals surface area contributed by atoms with E-state index in [-0.39, 0.29) is 5.91 Å². The van der Waals surface area contributed by atoms with Crippen LogP contribution in [0.5, 0.6) is 11.5 Å². The lowest BCUT2D eigenvalue weighted by atomic mass is 10.2. The van der Waals surface area contributed by atoms with E-state index in [4.69, 9.17) is 15.2 Å². The smallest absolute Gasteiger partial charge is 0.259 e. The summed E-state index contributed by atoms with van der Waals surface area (Å²) < 4.78 is 10.3. The fraction of sp³-hybridized carbons (Fsp3) is 0.143. The summed E-state index contributed by atoms with van der Waals surface area (Å²) in [6, 6.07) is 6.66. The average Bonchev–Trinajstić information content (AvgIpc) is 2.47. The fourth-order valence-corrected chi connectivity index (χ4v) is 1.67. The van der Waals surface area contributed by atoms with Gasteiger partial charge in [-0.15, -0.1) is 0 Å². The largest absolute Gasteiger partial charge is 0.497 e. The number of benzene rings is 1. The molecule has 20 heavy (non-hydrogen) atoms. The van der Waals surface area contributed by atoms with Gasteiger partial charge in [0.1, 0.15) is 11.5 Å². The third-order valence-corrected chi connectivity index (χ3v) is 2.71. The van der Waals surface area contributed by atoms with E-state index in [9.17, 15) is 4.79 Å². The summed E-state index contributed by atoms with van der Waals surface area (Å²) in [6.45, 7) is 0. The van der Waals surface area contributed by atoms with Crippen LogP contribution in [0.3, 0.4) is 0 Å². The van der Waals surface area contributed by atoms with Gasteiger partial charge in [0.15, 0.2) is 0 Å². The molecule has 6 heteroatoms. The van der Waals surface area contributed by atoms with Gasteiger partial charge in [-0.2, -0.15) is 0 Å². The number of carbonyl (C=O) groups is 1. The second-order valence-corrected chi connectivity index (χ2v) is 4.02. The molecular weight excluding hydrogens is 258 g/mol. The molecular formula is C14H15N3O3. The molecule has 0 aliphatic heterocycles. The first-order valence-electron chi connectivity index (χ1n) is 5.88. The summed E-state index contributed by atoms with van der Waals surface area (Å²) in [6.07, 6.45) is 2.95. The molecule has 1 amide bonds. The highest BCUT2D eigenvalue weighted by atomic mass is 16.5. The van der Waals surface area contributed by atoms with Gasteiger partial charge in [0, 0.05) is 42.0 Å². The van der Waals surface area contributed by atoms with Crippen molar-refractivity contribution in [1.29, 1.82) is 0 Å². The number of nitrogens with two attached hydrogens (primary N) is 1. The van der Waals surface area contributed by atoms with Gasteiger partial charge in [-0.3, -0.25) is 9.78 Å². The number of carbonyl (C=O) groups excluding carboxylic acids is 1. The zero-order chi connectivity index (χ0) is 14.5. The summed E-state index contributed by atoms with van der Waals surface area (Å²) in [5, 5.41) is 2.73. The molecule has 0 atom stereocenters. The van der Waals surface area contributed by atoms with E-state index in [2.05, 4.69) is 10.3 Å². The average molecular weight is 273 g/mol. The second-order valence-electron chi connectivity index (χ2n) is 4.02. The molecule has 104 valence electrons. The summed E-state index contributed by atoms with van der Waals surface area (Å²) in [7, 11) is 3.08. The normalized spacial score (nSPS) is 9.90. The van der Waals surface area contributed by atoms with Crippen molar-refractivity contribution in [2.45, 2.75) is 0 Å². The SMILES string of the molecule is COc1cc(NC(=O)c2cnccc2N)cc(OC)c1. The molecule has 2 aromatic rings. The van der Waals surface area contributed by atoms with Crippen LogP contribution in [-0.4, -0.2) is 25.1 Å². The Bertz CT molecular complexity index is 607. The first-order valence-corrected chi connectivity index (χ1v) is 5.88. The van der Waals surface area contributed by atoms with Crippen LogP contribution < -0.4 is 20.5 Å². The number of ether oxygens (including phenoxy) is 2. The van der Waals surface area contributed by atoms with E-state index in [1.54, 1.807) is 38.5 Å². The molecule has 1 aromatic carbocycles. The maximum atomic E-state index is 12.1. The molecule has 3 N–H and O–H groups in total. The molecule has 1 heterocycles. The topological polar surface area (TPSA) is 86.5 Å². The Morgan fingerprint density at radius 2 is 1.85 bits per heavy atom. The van der Waals surface area contributed by atoms with Crippen molar-refractivity contribution in [3.05, 3.63) is 42.2 Å². The molecule has 0 saturated carbocycles. The number of aromatic nitrogens is 1. The van der Waals surface area contributed by atoms with Crippen molar-refractivity contribution < 1.29 is 14.3 Å². The van der Waals surface area contributed by atoms with E-state index in [1.807, 2.05) is 0 Å². The van der Waals surface area contributed by atoms with Gasteiger partial charge in [0.05, 0.1) is 19.8 Å². The molecule has 0 aliphatic rings. The number of hydrogen-bond donors (Lipinski definition) is 2. The maximum absolute atomic E-state index is 12.1. The molecule has 0 radical (unpaired) electrons. The lowest BCUT2D eigenvalue weighted by Gasteiger charge is -2.10. The Balaban J connectivity index is 2.26. The molecule has 0 bridgehead atoms. The second kappa shape index (κ2) is 5.92. The quantitative estimate of drug-likeness (QED) is 0.889. The van der Waals surface area contributed by atoms with Crippen LogP contribution in [0.2, 0.25) is 0 Å². The van der Waals surface area contributed by atoms with Crippen LogP contribution in [0.15, 0.2) is 36.7 Å². The molecule has 0 saturated heterocycles. The zero-order valence-corrected chi connectivity index (χ0v) is 11.2. The summed E-state index contributed by atoms with van der Waals surface area (Å²) >= 11 is 0. The van der Waals surface area contributed by atoms with Crippen molar-refractivity contribution in [2.75, 3.05) is 25.3 Å². The van der Waals surface area contributed by atoms with Crippen molar-refractivity contribution in [3.63, 3.8) is 0 Å². The Hall–Kier alpha value is -2.76. The van der Waals surface area contributed by atoms with Crippen LogP contribution in [0.25, 0.3) is 0 Å². The van der Waals surface area contributed by atoms with Gasteiger partial charge >= 0.3 is 0 Å². The minimum atomic E-state index is -0.342. The molecule has 1 aromatic heterocycles. The number of pyridine rings is 1. The Kier molecular flexibility index (Phi) is 4.05. The van der Waals surface area contributed by atoms with Gasteiger partial charge in [-0.25, -0.2) is 0 Å². The number of rotatable bonds is 4. The zero-order valence-electron chi connectivity index (χ0n) is 11.2. The summed E-state index contributed by atoms with van der Waals surface area (Å²) in [5.74, 6) is 0.823. The van der Waals surface area contributed by atoms with E-state index in [1.165, 1.54) is 12.4 Å². The minimum Gasteiger partial charge on any atom is -0.497 e. The molecule has 0 unspecified atom stereocenters. The fourth-order valence-electron chi connectivity index (χ4n) is 1.67. The first kappa shape index (κ1) is 13.7. The third kappa shape index (κ3) is 2.97. The van der Waals surface area contributed by atoms with Crippen LogP contribution in [0.4, 0.5) is 11.4 Å². The number of nitrogens with one attached hydrogen (secondary N) is 1. The number of amides is 1. The van der Waals surface area contributed by atoms with Crippen LogP contribution in [-0.2, 0) is 0 Å². The predicted molar refractivity (Wildman–Crippen MR) is 76.1 cm³/mol. The predicted octanol–water partition coefficient (Wildman–Crippen LogP) is 1.93. The Morgan fingerprint density at radius 3 is 2.40 bits per heavy atom. The first-order chi connectivity index (χ1) is 9.63. The van der Waals surface area contributed by atoms with E-state index < -0.39 is 0 Å². The lowest BCUT2D eigenvalue weighted by Crippen LogP contribution is -2.14. The maximum Gasteiger partial charge on any atom is 0.259 e. The lowest BCUT2D eigenvalue weighted by molar-refractivity contribution is 0.102. The molecule has 0 spiro atoms. The number of hydrogen-bond acceptors (Lipinski definition) is 5. The standard InChI is InChI=1S/C14H15N3O3/c1-19-10-5-9(6-11(7-10)20-2)17-14(18)12-8-16-4-3-13(12)15/h3-8H,1-2H3,(H2,15,16)(H,17,18). The van der Waals surface area contributed by atoms with Gasteiger partial charge in [-0.05, 0) is 6.07 Å². The number of nitrogens with zero attached hydrogens (tertiary/aromatic N) is 1. The molecule has 2 rings (SSSR count). The van der Waals surface area contributed by atoms with Crippen LogP contribution in [0.1, 0.15) is 10.4 Å². The van der Waals surface area contributed by atoms with Gasteiger partial charge in [0.2, 0.25) is 0 Å². The van der Waals surface area contributed by atoms with Gasteiger partial charge in [-0.1, -0.05) is 0 Å². The van der Waals surface area contributed by atoms with Gasteiger partial charge in [0.25, 0.3) is 5.91 Å². The summed E-state index contributed by atoms with van der Waals surface area (Å²) in [4.78, 5) is 16.0. The van der Waals surface area contributed by atoms with Gasteiger partial charge < -0.3 is 20.5 Å².